The number of aromatic nitrogens is 2. The first-order chi connectivity index (χ1) is 15.5. The summed E-state index contributed by atoms with van der Waals surface area (Å²) in [5.41, 5.74) is 7.34. The minimum atomic E-state index is -0.508. The van der Waals surface area contributed by atoms with E-state index < -0.39 is 6.03 Å². The van der Waals surface area contributed by atoms with Gasteiger partial charge in [0.25, 0.3) is 5.69 Å². The van der Waals surface area contributed by atoms with Crippen LogP contribution in [0.2, 0.25) is 0 Å². The van der Waals surface area contributed by atoms with Crippen LogP contribution in [-0.2, 0) is 0 Å². The van der Waals surface area contributed by atoms with E-state index in [2.05, 4.69) is 14.9 Å². The number of fused-ring (bicyclic) bond motifs is 1. The van der Waals surface area contributed by atoms with Crippen LogP contribution in [0.1, 0.15) is 12.8 Å². The lowest BCUT2D eigenvalue weighted by molar-refractivity contribution is -0.384. The Balaban J connectivity index is 1.25. The van der Waals surface area contributed by atoms with Gasteiger partial charge in [0.15, 0.2) is 5.82 Å². The van der Waals surface area contributed by atoms with Gasteiger partial charge in [-0.1, -0.05) is 18.2 Å². The van der Waals surface area contributed by atoms with Gasteiger partial charge in [0.2, 0.25) is 0 Å². The molecule has 2 amide bonds. The van der Waals surface area contributed by atoms with Crippen LogP contribution in [0.15, 0.2) is 54.7 Å². The number of nitrogens with two attached hydrogens (primary N) is 1. The van der Waals surface area contributed by atoms with Crippen LogP contribution in [0, 0.1) is 10.1 Å². The van der Waals surface area contributed by atoms with Crippen LogP contribution in [0.3, 0.4) is 0 Å². The molecule has 0 bridgehead atoms. The molecule has 1 aromatic carbocycles. The summed E-state index contributed by atoms with van der Waals surface area (Å²) in [5.74, 6) is 0.557. The number of primary amides is 1. The Kier molecular flexibility index (Phi) is 6.50. The van der Waals surface area contributed by atoms with E-state index in [9.17, 15) is 14.9 Å². The quantitative estimate of drug-likeness (QED) is 0.329. The molecule has 168 valence electrons. The SMILES string of the molecule is NC(=O)N(CCCCN1CCN(c2ccccc2[N+](=O)[O-])CC1)c1cc2ccccn2n1. The highest BCUT2D eigenvalue weighted by molar-refractivity contribution is 5.90. The molecule has 0 atom stereocenters. The fourth-order valence-corrected chi connectivity index (χ4v) is 4.10. The van der Waals surface area contributed by atoms with Crippen molar-refractivity contribution in [2.24, 2.45) is 5.73 Å². The maximum atomic E-state index is 12.0. The molecule has 0 aliphatic carbocycles. The maximum Gasteiger partial charge on any atom is 0.320 e. The molecule has 0 radical (unpaired) electrons. The van der Waals surface area contributed by atoms with Crippen LogP contribution < -0.4 is 15.5 Å². The lowest BCUT2D eigenvalue weighted by Crippen LogP contribution is -2.47. The molecule has 4 rings (SSSR count). The molecule has 3 aromatic rings. The number of pyridine rings is 1. The number of piperazine rings is 1. The molecule has 2 aromatic heterocycles. The van der Waals surface area contributed by atoms with Crippen molar-refractivity contribution in [1.82, 2.24) is 14.5 Å². The number of nitro benzene ring substituents is 1. The maximum absolute atomic E-state index is 12.0. The van der Waals surface area contributed by atoms with E-state index in [1.54, 1.807) is 16.6 Å². The average Bonchev–Trinajstić information content (AvgIpc) is 3.23. The highest BCUT2D eigenvalue weighted by Gasteiger charge is 2.23. The van der Waals surface area contributed by atoms with Crippen molar-refractivity contribution in [2.45, 2.75) is 12.8 Å². The molecule has 2 N–H and O–H groups in total. The van der Waals surface area contributed by atoms with Gasteiger partial charge in [0.1, 0.15) is 5.69 Å². The lowest BCUT2D eigenvalue weighted by Gasteiger charge is -2.35. The zero-order valence-electron chi connectivity index (χ0n) is 17.8. The van der Waals surface area contributed by atoms with Gasteiger partial charge in [0, 0.05) is 51.1 Å². The van der Waals surface area contributed by atoms with E-state index in [0.717, 1.165) is 51.1 Å². The molecular formula is C22H27N7O3. The van der Waals surface area contributed by atoms with Gasteiger partial charge in [-0.15, -0.1) is 5.10 Å². The first kappa shape index (κ1) is 21.6. The first-order valence-electron chi connectivity index (χ1n) is 10.7. The molecule has 1 aliphatic rings. The largest absolute Gasteiger partial charge is 0.363 e. The highest BCUT2D eigenvalue weighted by Crippen LogP contribution is 2.28. The van der Waals surface area contributed by atoms with Gasteiger partial charge in [-0.2, -0.15) is 0 Å². The Bertz CT molecular complexity index is 1060. The van der Waals surface area contributed by atoms with Gasteiger partial charge in [-0.25, -0.2) is 9.31 Å². The van der Waals surface area contributed by atoms with Gasteiger partial charge in [-0.3, -0.25) is 19.9 Å². The van der Waals surface area contributed by atoms with E-state index in [0.29, 0.717) is 18.1 Å². The van der Waals surface area contributed by atoms with E-state index in [4.69, 9.17) is 5.73 Å². The molecule has 0 saturated carbocycles. The second-order valence-corrected chi connectivity index (χ2v) is 7.84. The van der Waals surface area contributed by atoms with Crippen molar-refractivity contribution in [3.05, 3.63) is 64.8 Å². The topological polar surface area (TPSA) is 113 Å². The Morgan fingerprint density at radius 3 is 2.56 bits per heavy atom. The van der Waals surface area contributed by atoms with Crippen LogP contribution in [0.4, 0.5) is 22.0 Å². The lowest BCUT2D eigenvalue weighted by atomic mass is 10.2. The molecular weight excluding hydrogens is 410 g/mol. The number of carbonyl (C=O) groups excluding carboxylic acids is 1. The van der Waals surface area contributed by atoms with E-state index >= 15 is 0 Å². The number of carbonyl (C=O) groups is 1. The predicted octanol–water partition coefficient (Wildman–Crippen LogP) is 2.73. The summed E-state index contributed by atoms with van der Waals surface area (Å²) in [6.45, 7) is 4.60. The minimum Gasteiger partial charge on any atom is -0.363 e. The molecule has 1 saturated heterocycles. The summed E-state index contributed by atoms with van der Waals surface area (Å²) in [7, 11) is 0. The average molecular weight is 438 g/mol. The number of urea groups is 1. The third-order valence-electron chi connectivity index (χ3n) is 5.80. The van der Waals surface area contributed by atoms with E-state index in [1.807, 2.05) is 42.6 Å². The third kappa shape index (κ3) is 4.80. The number of nitrogens with zero attached hydrogens (tertiary/aromatic N) is 6. The normalized spacial score (nSPS) is 14.6. The zero-order valence-corrected chi connectivity index (χ0v) is 17.8. The minimum absolute atomic E-state index is 0.152. The van der Waals surface area contributed by atoms with Crippen LogP contribution in [0.25, 0.3) is 5.52 Å². The molecule has 1 aliphatic heterocycles. The van der Waals surface area contributed by atoms with Crippen molar-refractivity contribution in [1.29, 1.82) is 0 Å². The Labute approximate surface area is 186 Å². The van der Waals surface area contributed by atoms with Crippen LogP contribution >= 0.6 is 0 Å². The van der Waals surface area contributed by atoms with Gasteiger partial charge < -0.3 is 10.6 Å². The summed E-state index contributed by atoms with van der Waals surface area (Å²) >= 11 is 0. The number of unbranched alkanes of at least 4 members (excludes halogenated alkanes) is 1. The van der Waals surface area contributed by atoms with Gasteiger partial charge in [-0.05, 0) is 37.6 Å². The number of nitro groups is 1. The number of benzene rings is 1. The number of amides is 2. The van der Waals surface area contributed by atoms with Crippen molar-refractivity contribution < 1.29 is 9.72 Å². The molecule has 1 fully saturated rings. The van der Waals surface area contributed by atoms with E-state index in [-0.39, 0.29) is 10.6 Å². The first-order valence-corrected chi connectivity index (χ1v) is 10.7. The zero-order chi connectivity index (χ0) is 22.5. The Morgan fingerprint density at radius 2 is 1.84 bits per heavy atom. The molecule has 32 heavy (non-hydrogen) atoms. The van der Waals surface area contributed by atoms with Crippen molar-refractivity contribution in [2.75, 3.05) is 49.1 Å². The molecule has 0 spiro atoms. The summed E-state index contributed by atoms with van der Waals surface area (Å²) < 4.78 is 1.72. The third-order valence-corrected chi connectivity index (χ3v) is 5.80. The molecule has 0 unspecified atom stereocenters. The van der Waals surface area contributed by atoms with E-state index in [1.165, 1.54) is 4.90 Å². The highest BCUT2D eigenvalue weighted by atomic mass is 16.6. The fourth-order valence-electron chi connectivity index (χ4n) is 4.10. The second-order valence-electron chi connectivity index (χ2n) is 7.84. The molecule has 10 heteroatoms. The fraction of sp³-hybridized carbons (Fsp3) is 0.364. The Hall–Kier alpha value is -3.66. The standard InChI is InChI=1S/C22H27N7O3/c23-22(30)27(21-17-18-7-3-4-12-28(18)24-21)11-6-5-10-25-13-15-26(16-14-25)19-8-1-2-9-20(19)29(31)32/h1-4,7-9,12,17H,5-6,10-11,13-16H2,(H2,23,30). The molecule has 10 nitrogen and oxygen atoms in total. The van der Waals surface area contributed by atoms with Crippen molar-refractivity contribution in [3.63, 3.8) is 0 Å². The monoisotopic (exact) mass is 437 g/mol. The van der Waals surface area contributed by atoms with Crippen LogP contribution in [-0.4, -0.2) is 64.7 Å². The van der Waals surface area contributed by atoms with Crippen molar-refractivity contribution >= 4 is 28.7 Å². The van der Waals surface area contributed by atoms with Gasteiger partial charge in [0.05, 0.1) is 10.4 Å². The second kappa shape index (κ2) is 9.65. The number of anilines is 2. The predicted molar refractivity (Wildman–Crippen MR) is 123 cm³/mol. The summed E-state index contributed by atoms with van der Waals surface area (Å²) in [6, 6.07) is 14.0. The van der Waals surface area contributed by atoms with Crippen molar-refractivity contribution in [3.8, 4) is 0 Å². The smallest absolute Gasteiger partial charge is 0.320 e. The number of hydrogen-bond acceptors (Lipinski definition) is 6. The summed E-state index contributed by atoms with van der Waals surface area (Å²) in [6.07, 6.45) is 3.56. The summed E-state index contributed by atoms with van der Waals surface area (Å²) in [5, 5.41) is 15.7. The number of hydrogen-bond donors (Lipinski definition) is 1. The Morgan fingerprint density at radius 1 is 1.09 bits per heavy atom. The van der Waals surface area contributed by atoms with Gasteiger partial charge >= 0.3 is 6.03 Å². The summed E-state index contributed by atoms with van der Waals surface area (Å²) in [4.78, 5) is 28.9. The molecule has 3 heterocycles. The number of para-hydroxylation sites is 2. The number of rotatable bonds is 8. The van der Waals surface area contributed by atoms with Crippen LogP contribution in [0.5, 0.6) is 0 Å².